The van der Waals surface area contributed by atoms with Gasteiger partial charge in [0.2, 0.25) is 0 Å². The van der Waals surface area contributed by atoms with E-state index < -0.39 is 0 Å². The van der Waals surface area contributed by atoms with E-state index in [0.29, 0.717) is 28.8 Å². The van der Waals surface area contributed by atoms with Crippen molar-refractivity contribution in [2.45, 2.75) is 19.3 Å². The Kier molecular flexibility index (Phi) is 2.73. The number of hydrogen-bond acceptors (Lipinski definition) is 3. The molecule has 2 aromatic carbocycles. The molecule has 0 atom stereocenters. The number of fused-ring (bicyclic) bond motifs is 2. The quantitative estimate of drug-likeness (QED) is 0.759. The molecule has 1 aliphatic carbocycles. The summed E-state index contributed by atoms with van der Waals surface area (Å²) in [6, 6.07) is 12.1. The zero-order valence-electron chi connectivity index (χ0n) is 11.8. The molecule has 4 nitrogen and oxygen atoms in total. The van der Waals surface area contributed by atoms with Crippen LogP contribution in [0.1, 0.15) is 49.5 Å². The molecule has 0 N–H and O–H groups in total. The van der Waals surface area contributed by atoms with Crippen LogP contribution in [0.3, 0.4) is 0 Å². The zero-order valence-corrected chi connectivity index (χ0v) is 11.8. The van der Waals surface area contributed by atoms with E-state index in [1.807, 2.05) is 6.07 Å². The molecule has 0 radical (unpaired) electrons. The Bertz CT molecular complexity index is 803. The van der Waals surface area contributed by atoms with E-state index in [0.717, 1.165) is 23.3 Å². The Labute approximate surface area is 127 Å². The third-order valence-electron chi connectivity index (χ3n) is 4.29. The lowest BCUT2D eigenvalue weighted by atomic mass is 9.89. The SMILES string of the molecule is O=C1CCCc2cccc(N3C(=O)c4ccccc4C3=O)c21. The van der Waals surface area contributed by atoms with Crippen molar-refractivity contribution >= 4 is 23.3 Å². The summed E-state index contributed by atoms with van der Waals surface area (Å²) in [5, 5.41) is 0. The maximum absolute atomic E-state index is 12.6. The normalized spacial score (nSPS) is 16.7. The highest BCUT2D eigenvalue weighted by atomic mass is 16.2. The number of amides is 2. The number of imide groups is 1. The highest BCUT2D eigenvalue weighted by Crippen LogP contribution is 2.35. The fourth-order valence-electron chi connectivity index (χ4n) is 3.28. The summed E-state index contributed by atoms with van der Waals surface area (Å²) in [5.74, 6) is -0.701. The van der Waals surface area contributed by atoms with Crippen LogP contribution in [0, 0.1) is 0 Å². The molecule has 0 spiro atoms. The average Bonchev–Trinajstić information content (AvgIpc) is 2.79. The lowest BCUT2D eigenvalue weighted by Gasteiger charge is -2.22. The first-order valence-electron chi connectivity index (χ1n) is 7.31. The molecule has 2 aliphatic rings. The second-order valence-electron chi connectivity index (χ2n) is 5.58. The molecule has 0 aromatic heterocycles. The van der Waals surface area contributed by atoms with Gasteiger partial charge in [-0.2, -0.15) is 0 Å². The molecular formula is C18H13NO3. The minimum atomic E-state index is -0.354. The van der Waals surface area contributed by atoms with E-state index in [9.17, 15) is 14.4 Å². The van der Waals surface area contributed by atoms with Crippen LogP contribution in [0.5, 0.6) is 0 Å². The molecule has 0 bridgehead atoms. The van der Waals surface area contributed by atoms with Gasteiger partial charge in [0.1, 0.15) is 0 Å². The second-order valence-corrected chi connectivity index (χ2v) is 5.58. The van der Waals surface area contributed by atoms with Crippen LogP contribution in [0.25, 0.3) is 0 Å². The highest BCUT2D eigenvalue weighted by Gasteiger charge is 2.38. The summed E-state index contributed by atoms with van der Waals surface area (Å²) >= 11 is 0. The second kappa shape index (κ2) is 4.63. The van der Waals surface area contributed by atoms with Crippen molar-refractivity contribution in [1.29, 1.82) is 0 Å². The van der Waals surface area contributed by atoms with Crippen molar-refractivity contribution in [3.05, 3.63) is 64.7 Å². The first-order valence-corrected chi connectivity index (χ1v) is 7.31. The number of hydrogen-bond donors (Lipinski definition) is 0. The Morgan fingerprint density at radius 2 is 1.45 bits per heavy atom. The highest BCUT2D eigenvalue weighted by molar-refractivity contribution is 6.35. The van der Waals surface area contributed by atoms with Crippen molar-refractivity contribution < 1.29 is 14.4 Å². The molecule has 108 valence electrons. The van der Waals surface area contributed by atoms with Crippen molar-refractivity contribution in [2.75, 3.05) is 4.90 Å². The first kappa shape index (κ1) is 13.0. The molecule has 0 saturated heterocycles. The van der Waals surface area contributed by atoms with Crippen LogP contribution >= 0.6 is 0 Å². The number of Topliss-reactive ketones (excluding diaryl/α,β-unsaturated/α-hetero) is 1. The van der Waals surface area contributed by atoms with Gasteiger partial charge in [0.25, 0.3) is 11.8 Å². The van der Waals surface area contributed by atoms with E-state index in [1.165, 1.54) is 0 Å². The van der Waals surface area contributed by atoms with Gasteiger partial charge in [0.05, 0.1) is 16.8 Å². The van der Waals surface area contributed by atoms with Crippen LogP contribution in [0.2, 0.25) is 0 Å². The number of rotatable bonds is 1. The van der Waals surface area contributed by atoms with Gasteiger partial charge in [-0.15, -0.1) is 0 Å². The molecule has 0 unspecified atom stereocenters. The van der Waals surface area contributed by atoms with Gasteiger partial charge in [-0.05, 0) is 36.6 Å². The first-order chi connectivity index (χ1) is 10.7. The van der Waals surface area contributed by atoms with E-state index in [4.69, 9.17) is 0 Å². The van der Waals surface area contributed by atoms with E-state index in [2.05, 4.69) is 0 Å². The summed E-state index contributed by atoms with van der Waals surface area (Å²) in [4.78, 5) is 38.6. The minimum absolute atomic E-state index is 0.00778. The molecule has 4 heteroatoms. The number of carbonyl (C=O) groups is 3. The van der Waals surface area contributed by atoms with Crippen LogP contribution in [0.4, 0.5) is 5.69 Å². The number of carbonyl (C=O) groups excluding carboxylic acids is 3. The van der Waals surface area contributed by atoms with E-state index >= 15 is 0 Å². The van der Waals surface area contributed by atoms with Gasteiger partial charge in [0.15, 0.2) is 5.78 Å². The van der Waals surface area contributed by atoms with Crippen LogP contribution in [-0.2, 0) is 6.42 Å². The standard InChI is InChI=1S/C18H13NO3/c20-15-10-4-6-11-5-3-9-14(16(11)15)19-17(21)12-7-1-2-8-13(12)18(19)22/h1-3,5,7-9H,4,6,10H2. The minimum Gasteiger partial charge on any atom is -0.294 e. The smallest absolute Gasteiger partial charge is 0.266 e. The molecule has 4 rings (SSSR count). The number of benzene rings is 2. The maximum Gasteiger partial charge on any atom is 0.266 e. The summed E-state index contributed by atoms with van der Waals surface area (Å²) in [6.07, 6.45) is 2.09. The van der Waals surface area contributed by atoms with Gasteiger partial charge in [0, 0.05) is 12.0 Å². The molecule has 0 saturated carbocycles. The maximum atomic E-state index is 12.6. The number of aryl methyl sites for hydroxylation is 1. The van der Waals surface area contributed by atoms with Gasteiger partial charge < -0.3 is 0 Å². The molecule has 1 heterocycles. The molecule has 22 heavy (non-hydrogen) atoms. The van der Waals surface area contributed by atoms with Gasteiger partial charge in [-0.1, -0.05) is 24.3 Å². The van der Waals surface area contributed by atoms with E-state index in [-0.39, 0.29) is 17.6 Å². The van der Waals surface area contributed by atoms with Crippen molar-refractivity contribution in [1.82, 2.24) is 0 Å². The third-order valence-corrected chi connectivity index (χ3v) is 4.29. The topological polar surface area (TPSA) is 54.5 Å². The summed E-state index contributed by atoms with van der Waals surface area (Å²) in [7, 11) is 0. The van der Waals surface area contributed by atoms with Gasteiger partial charge in [-0.25, -0.2) is 4.90 Å². The fourth-order valence-corrected chi connectivity index (χ4v) is 3.28. The number of ketones is 1. The molecule has 0 fully saturated rings. The third kappa shape index (κ3) is 1.67. The molecule has 2 aromatic rings. The summed E-state index contributed by atoms with van der Waals surface area (Å²) < 4.78 is 0. The number of anilines is 1. The zero-order chi connectivity index (χ0) is 15.3. The Hall–Kier alpha value is -2.75. The predicted octanol–water partition coefficient (Wildman–Crippen LogP) is 3.01. The van der Waals surface area contributed by atoms with Crippen molar-refractivity contribution in [3.8, 4) is 0 Å². The van der Waals surface area contributed by atoms with Crippen LogP contribution in [0.15, 0.2) is 42.5 Å². The summed E-state index contributed by atoms with van der Waals surface area (Å²) in [5.41, 5.74) is 2.67. The molecule has 1 aliphatic heterocycles. The monoisotopic (exact) mass is 291 g/mol. The predicted molar refractivity (Wildman–Crippen MR) is 81.3 cm³/mol. The average molecular weight is 291 g/mol. The molecular weight excluding hydrogens is 278 g/mol. The van der Waals surface area contributed by atoms with Gasteiger partial charge >= 0.3 is 0 Å². The largest absolute Gasteiger partial charge is 0.294 e. The Balaban J connectivity index is 1.90. The van der Waals surface area contributed by atoms with Crippen LogP contribution < -0.4 is 4.90 Å². The van der Waals surface area contributed by atoms with Crippen LogP contribution in [-0.4, -0.2) is 17.6 Å². The fraction of sp³-hybridized carbons (Fsp3) is 0.167. The van der Waals surface area contributed by atoms with Crippen molar-refractivity contribution in [3.63, 3.8) is 0 Å². The lowest BCUT2D eigenvalue weighted by molar-refractivity contribution is 0.0926. The summed E-state index contributed by atoms with van der Waals surface area (Å²) in [6.45, 7) is 0. The van der Waals surface area contributed by atoms with Gasteiger partial charge in [-0.3, -0.25) is 14.4 Å². The Morgan fingerprint density at radius 1 is 0.773 bits per heavy atom. The van der Waals surface area contributed by atoms with Crippen molar-refractivity contribution in [2.24, 2.45) is 0 Å². The van der Waals surface area contributed by atoms with E-state index in [1.54, 1.807) is 36.4 Å². The number of nitrogens with zero attached hydrogens (tertiary/aromatic N) is 1. The Morgan fingerprint density at radius 3 is 2.14 bits per heavy atom. The molecule has 2 amide bonds. The lowest BCUT2D eigenvalue weighted by Crippen LogP contribution is -2.31.